The van der Waals surface area contributed by atoms with E-state index in [-0.39, 0.29) is 0 Å². The molecule has 0 aromatic rings. The van der Waals surface area contributed by atoms with Crippen LogP contribution < -0.4 is 0 Å². The van der Waals surface area contributed by atoms with Crippen LogP contribution in [0.5, 0.6) is 0 Å². The number of amides is 1. The Labute approximate surface area is 90.6 Å². The summed E-state index contributed by atoms with van der Waals surface area (Å²) in [6.45, 7) is 3.54. The third kappa shape index (κ3) is 1.90. The maximum atomic E-state index is 12.0. The summed E-state index contributed by atoms with van der Waals surface area (Å²) in [5, 5.41) is 0. The molecule has 0 N–H and O–H groups in total. The zero-order valence-corrected chi connectivity index (χ0v) is 9.46. The molecule has 3 heteroatoms. The molecule has 80 valence electrons. The summed E-state index contributed by atoms with van der Waals surface area (Å²) in [6.07, 6.45) is 3.66. The molecule has 14 heavy (non-hydrogen) atoms. The highest BCUT2D eigenvalue weighted by Gasteiger charge is 2.48. The summed E-state index contributed by atoms with van der Waals surface area (Å²) in [5.74, 6) is 3.00. The molecular weight excluding hydrogens is 198 g/mol. The second-order valence-electron chi connectivity index (χ2n) is 4.53. The molecule has 2 aliphatic rings. The van der Waals surface area contributed by atoms with Crippen LogP contribution in [-0.2, 0) is 4.79 Å². The second kappa shape index (κ2) is 4.09. The topological polar surface area (TPSA) is 20.3 Å². The van der Waals surface area contributed by atoms with E-state index in [1.165, 1.54) is 6.42 Å². The van der Waals surface area contributed by atoms with Crippen LogP contribution in [0.15, 0.2) is 0 Å². The third-order valence-electron chi connectivity index (χ3n) is 3.64. The van der Waals surface area contributed by atoms with Crippen molar-refractivity contribution in [3.63, 3.8) is 0 Å². The van der Waals surface area contributed by atoms with E-state index in [0.717, 1.165) is 31.2 Å². The quantitative estimate of drug-likeness (QED) is 0.658. The Morgan fingerprint density at radius 3 is 2.50 bits per heavy atom. The van der Waals surface area contributed by atoms with E-state index in [4.69, 9.17) is 11.6 Å². The van der Waals surface area contributed by atoms with Gasteiger partial charge >= 0.3 is 0 Å². The van der Waals surface area contributed by atoms with Crippen LogP contribution in [0.3, 0.4) is 0 Å². The number of carbonyl (C=O) groups is 1. The van der Waals surface area contributed by atoms with Gasteiger partial charge in [0.15, 0.2) is 0 Å². The number of rotatable bonds is 4. The first-order valence-electron chi connectivity index (χ1n) is 5.61. The molecule has 2 unspecified atom stereocenters. The Kier molecular flexibility index (Phi) is 3.01. The van der Waals surface area contributed by atoms with Crippen LogP contribution >= 0.6 is 11.6 Å². The Balaban J connectivity index is 1.86. The van der Waals surface area contributed by atoms with E-state index in [0.29, 0.717) is 24.2 Å². The average Bonchev–Trinajstić information content (AvgIpc) is 2.81. The lowest BCUT2D eigenvalue weighted by molar-refractivity contribution is -0.135. The molecule has 0 bridgehead atoms. The zero-order chi connectivity index (χ0) is 10.1. The number of carbonyl (C=O) groups excluding carboxylic acids is 1. The van der Waals surface area contributed by atoms with E-state index < -0.39 is 0 Å². The van der Waals surface area contributed by atoms with Crippen LogP contribution in [0.25, 0.3) is 0 Å². The summed E-state index contributed by atoms with van der Waals surface area (Å²) in [7, 11) is 0. The Morgan fingerprint density at radius 1 is 1.36 bits per heavy atom. The number of hydrogen-bond acceptors (Lipinski definition) is 1. The normalized spacial score (nSPS) is 34.0. The smallest absolute Gasteiger partial charge is 0.225 e. The minimum Gasteiger partial charge on any atom is -0.342 e. The molecule has 2 rings (SSSR count). The molecule has 2 atom stereocenters. The summed E-state index contributed by atoms with van der Waals surface area (Å²) in [6, 6.07) is 0. The second-order valence-corrected chi connectivity index (χ2v) is 4.91. The van der Waals surface area contributed by atoms with Gasteiger partial charge in [0.2, 0.25) is 5.91 Å². The predicted molar refractivity (Wildman–Crippen MR) is 57.3 cm³/mol. The van der Waals surface area contributed by atoms with Crippen LogP contribution in [0.2, 0.25) is 0 Å². The van der Waals surface area contributed by atoms with Crippen LogP contribution in [0.4, 0.5) is 0 Å². The fourth-order valence-corrected chi connectivity index (χ4v) is 2.90. The van der Waals surface area contributed by atoms with Gasteiger partial charge in [-0.05, 0) is 38.0 Å². The van der Waals surface area contributed by atoms with Gasteiger partial charge in [-0.15, -0.1) is 11.6 Å². The molecule has 2 fully saturated rings. The molecule has 2 aliphatic carbocycles. The first-order chi connectivity index (χ1) is 6.76. The molecular formula is C11H18ClNO. The van der Waals surface area contributed by atoms with Crippen molar-refractivity contribution in [2.45, 2.75) is 26.2 Å². The molecule has 2 saturated carbocycles. The highest BCUT2D eigenvalue weighted by atomic mass is 35.5. The molecule has 0 saturated heterocycles. The van der Waals surface area contributed by atoms with Gasteiger partial charge in [0, 0.05) is 24.9 Å². The maximum Gasteiger partial charge on any atom is 0.225 e. The minimum atomic E-state index is 0.321. The van der Waals surface area contributed by atoms with Crippen molar-refractivity contribution in [3.05, 3.63) is 0 Å². The standard InChI is InChI=1S/C11H18ClNO/c1-2-13(4-3-12)11(14)10-6-8-5-9(8)7-10/h8-10H,2-7H2,1H3. The number of nitrogens with zero attached hydrogens (tertiary/aromatic N) is 1. The Hall–Kier alpha value is -0.240. The third-order valence-corrected chi connectivity index (χ3v) is 3.81. The fourth-order valence-electron chi connectivity index (χ4n) is 2.70. The molecule has 0 radical (unpaired) electrons. The summed E-state index contributed by atoms with van der Waals surface area (Å²) >= 11 is 5.67. The van der Waals surface area contributed by atoms with Gasteiger partial charge in [-0.1, -0.05) is 0 Å². The number of halogens is 1. The maximum absolute atomic E-state index is 12.0. The predicted octanol–water partition coefficient (Wildman–Crippen LogP) is 2.12. The van der Waals surface area contributed by atoms with Crippen molar-refractivity contribution < 1.29 is 4.79 Å². The average molecular weight is 216 g/mol. The lowest BCUT2D eigenvalue weighted by Crippen LogP contribution is -2.36. The highest BCUT2D eigenvalue weighted by Crippen LogP contribution is 2.54. The molecule has 1 amide bonds. The Bertz CT molecular complexity index is 217. The molecule has 0 aromatic carbocycles. The zero-order valence-electron chi connectivity index (χ0n) is 8.71. The van der Waals surface area contributed by atoms with Gasteiger partial charge < -0.3 is 4.90 Å². The summed E-state index contributed by atoms with van der Waals surface area (Å²) in [5.41, 5.74) is 0. The molecule has 0 heterocycles. The van der Waals surface area contributed by atoms with Crippen LogP contribution in [0.1, 0.15) is 26.2 Å². The SMILES string of the molecule is CCN(CCCl)C(=O)C1CC2CC2C1. The van der Waals surface area contributed by atoms with Gasteiger partial charge in [-0.25, -0.2) is 0 Å². The Morgan fingerprint density at radius 2 is 2.00 bits per heavy atom. The van der Waals surface area contributed by atoms with E-state index in [9.17, 15) is 4.79 Å². The largest absolute Gasteiger partial charge is 0.342 e. The van der Waals surface area contributed by atoms with E-state index >= 15 is 0 Å². The van der Waals surface area contributed by atoms with Gasteiger partial charge in [0.05, 0.1) is 0 Å². The lowest BCUT2D eigenvalue weighted by Gasteiger charge is -2.23. The van der Waals surface area contributed by atoms with Gasteiger partial charge in [0.1, 0.15) is 0 Å². The van der Waals surface area contributed by atoms with Crippen molar-refractivity contribution in [1.29, 1.82) is 0 Å². The van der Waals surface area contributed by atoms with Crippen LogP contribution in [-0.4, -0.2) is 29.8 Å². The van der Waals surface area contributed by atoms with Crippen molar-refractivity contribution in [2.75, 3.05) is 19.0 Å². The van der Waals surface area contributed by atoms with Gasteiger partial charge in [0.25, 0.3) is 0 Å². The summed E-state index contributed by atoms with van der Waals surface area (Å²) in [4.78, 5) is 13.9. The van der Waals surface area contributed by atoms with Gasteiger partial charge in [-0.3, -0.25) is 4.79 Å². The first kappa shape index (κ1) is 10.3. The minimum absolute atomic E-state index is 0.321. The van der Waals surface area contributed by atoms with Crippen LogP contribution in [0, 0.1) is 17.8 Å². The van der Waals surface area contributed by atoms with Crippen molar-refractivity contribution in [1.82, 2.24) is 4.90 Å². The molecule has 0 spiro atoms. The molecule has 2 nitrogen and oxygen atoms in total. The highest BCUT2D eigenvalue weighted by molar-refractivity contribution is 6.18. The van der Waals surface area contributed by atoms with Crippen molar-refractivity contribution in [2.24, 2.45) is 17.8 Å². The number of hydrogen-bond donors (Lipinski definition) is 0. The van der Waals surface area contributed by atoms with E-state index in [1.807, 2.05) is 11.8 Å². The van der Waals surface area contributed by atoms with Crippen molar-refractivity contribution in [3.8, 4) is 0 Å². The fraction of sp³-hybridized carbons (Fsp3) is 0.909. The molecule has 0 aliphatic heterocycles. The van der Waals surface area contributed by atoms with E-state index in [1.54, 1.807) is 0 Å². The van der Waals surface area contributed by atoms with E-state index in [2.05, 4.69) is 0 Å². The summed E-state index contributed by atoms with van der Waals surface area (Å²) < 4.78 is 0. The number of alkyl halides is 1. The van der Waals surface area contributed by atoms with Gasteiger partial charge in [-0.2, -0.15) is 0 Å². The lowest BCUT2D eigenvalue weighted by atomic mass is 10.0. The molecule has 0 aromatic heterocycles. The number of fused-ring (bicyclic) bond motifs is 1. The van der Waals surface area contributed by atoms with Crippen molar-refractivity contribution >= 4 is 17.5 Å². The first-order valence-corrected chi connectivity index (χ1v) is 6.14. The monoisotopic (exact) mass is 215 g/mol.